The Balaban J connectivity index is 0. The standard InChI is InChI=1S/C11H23NOS.C11H23NO/c1-8(2)10(13)9(7-14)12(6)11(3,4)5;1-8(2)10(13)9(3)12(7)11(4,5)6/h8-9,14H,7H2,1-6H3;8-9H,1-7H3. The predicted molar refractivity (Wildman–Crippen MR) is 122 cm³/mol. The van der Waals surface area contributed by atoms with Crippen molar-refractivity contribution in [3.05, 3.63) is 0 Å². The third kappa shape index (κ3) is 10.1. The number of carbonyl (C=O) groups excluding carboxylic acids is 2. The van der Waals surface area contributed by atoms with E-state index in [2.05, 4.69) is 64.0 Å². The molecule has 0 aliphatic rings. The van der Waals surface area contributed by atoms with E-state index in [-0.39, 0.29) is 40.8 Å². The Morgan fingerprint density at radius 1 is 0.741 bits per heavy atom. The van der Waals surface area contributed by atoms with Gasteiger partial charge < -0.3 is 0 Å². The molecule has 162 valence electrons. The quantitative estimate of drug-likeness (QED) is 0.633. The molecule has 0 aliphatic heterocycles. The van der Waals surface area contributed by atoms with Crippen molar-refractivity contribution in [3.8, 4) is 0 Å². The third-order valence-corrected chi connectivity index (χ3v) is 5.56. The molecule has 0 saturated carbocycles. The number of carbonyl (C=O) groups is 2. The first-order valence-electron chi connectivity index (χ1n) is 10.0. The SMILES string of the molecule is CC(C)C(=O)C(C)N(C)C(C)(C)C.CC(C)C(=O)C(CS)N(C)C(C)(C)C. The van der Waals surface area contributed by atoms with E-state index in [4.69, 9.17) is 0 Å². The van der Waals surface area contributed by atoms with Crippen LogP contribution in [0.15, 0.2) is 0 Å². The summed E-state index contributed by atoms with van der Waals surface area (Å²) in [6.07, 6.45) is 0. The van der Waals surface area contributed by atoms with Gasteiger partial charge >= 0.3 is 0 Å². The fourth-order valence-electron chi connectivity index (χ4n) is 2.51. The largest absolute Gasteiger partial charge is 0.298 e. The van der Waals surface area contributed by atoms with Crippen LogP contribution in [0.3, 0.4) is 0 Å². The average Bonchev–Trinajstić information content (AvgIpc) is 2.51. The third-order valence-electron chi connectivity index (χ3n) is 5.22. The first-order valence-corrected chi connectivity index (χ1v) is 10.7. The van der Waals surface area contributed by atoms with Gasteiger partial charge in [0.2, 0.25) is 0 Å². The lowest BCUT2D eigenvalue weighted by atomic mass is 9.97. The van der Waals surface area contributed by atoms with E-state index in [0.29, 0.717) is 11.5 Å². The molecule has 0 saturated heterocycles. The highest BCUT2D eigenvalue weighted by atomic mass is 32.1. The first kappa shape index (κ1) is 28.8. The van der Waals surface area contributed by atoms with Crippen molar-refractivity contribution in [3.63, 3.8) is 0 Å². The smallest absolute Gasteiger partial charge is 0.153 e. The Labute approximate surface area is 174 Å². The van der Waals surface area contributed by atoms with E-state index in [1.807, 2.05) is 48.7 Å². The van der Waals surface area contributed by atoms with E-state index in [1.165, 1.54) is 0 Å². The molecule has 0 aromatic heterocycles. The number of nitrogens with zero attached hydrogens (tertiary/aromatic N) is 2. The molecule has 27 heavy (non-hydrogen) atoms. The van der Waals surface area contributed by atoms with Crippen molar-refractivity contribution in [2.75, 3.05) is 19.8 Å². The zero-order valence-electron chi connectivity index (χ0n) is 20.2. The second-order valence-corrected chi connectivity index (χ2v) is 10.4. The number of likely N-dealkylation sites (N-methyl/N-ethyl adjacent to an activating group) is 2. The average molecular weight is 403 g/mol. The van der Waals surface area contributed by atoms with Crippen LogP contribution >= 0.6 is 12.6 Å². The van der Waals surface area contributed by atoms with E-state index in [0.717, 1.165) is 0 Å². The van der Waals surface area contributed by atoms with Gasteiger partial charge in [0.05, 0.1) is 12.1 Å². The van der Waals surface area contributed by atoms with Crippen molar-refractivity contribution in [1.82, 2.24) is 9.80 Å². The summed E-state index contributed by atoms with van der Waals surface area (Å²) < 4.78 is 0. The van der Waals surface area contributed by atoms with Gasteiger partial charge in [0, 0.05) is 28.7 Å². The topological polar surface area (TPSA) is 40.6 Å². The summed E-state index contributed by atoms with van der Waals surface area (Å²) in [7, 11) is 3.99. The van der Waals surface area contributed by atoms with Crippen LogP contribution in [0.1, 0.15) is 76.2 Å². The van der Waals surface area contributed by atoms with Crippen LogP contribution in [0.2, 0.25) is 0 Å². The molecule has 0 aromatic carbocycles. The van der Waals surface area contributed by atoms with Crippen molar-refractivity contribution in [2.45, 2.75) is 99.3 Å². The molecule has 0 fully saturated rings. The highest BCUT2D eigenvalue weighted by molar-refractivity contribution is 7.80. The summed E-state index contributed by atoms with van der Waals surface area (Å²) in [4.78, 5) is 27.8. The zero-order chi connectivity index (χ0) is 22.3. The summed E-state index contributed by atoms with van der Waals surface area (Å²) >= 11 is 4.26. The monoisotopic (exact) mass is 402 g/mol. The minimum Gasteiger partial charge on any atom is -0.298 e. The Hall–Kier alpha value is -0.390. The summed E-state index contributed by atoms with van der Waals surface area (Å²) in [5, 5.41) is 0. The molecule has 2 atom stereocenters. The second kappa shape index (κ2) is 11.6. The second-order valence-electron chi connectivity index (χ2n) is 10.1. The lowest BCUT2D eigenvalue weighted by Gasteiger charge is -2.37. The van der Waals surface area contributed by atoms with Gasteiger partial charge in [-0.15, -0.1) is 0 Å². The Morgan fingerprint density at radius 3 is 1.30 bits per heavy atom. The molecule has 0 rings (SSSR count). The van der Waals surface area contributed by atoms with Crippen LogP contribution in [0.4, 0.5) is 0 Å². The molecule has 0 bridgehead atoms. The molecule has 0 N–H and O–H groups in total. The van der Waals surface area contributed by atoms with Gasteiger partial charge in [0.25, 0.3) is 0 Å². The minimum atomic E-state index is -0.0710. The molecular formula is C22H46N2O2S. The maximum absolute atomic E-state index is 11.9. The number of rotatable bonds is 7. The highest BCUT2D eigenvalue weighted by Crippen LogP contribution is 2.18. The van der Waals surface area contributed by atoms with E-state index in [1.54, 1.807) is 0 Å². The van der Waals surface area contributed by atoms with Gasteiger partial charge in [-0.25, -0.2) is 0 Å². The van der Waals surface area contributed by atoms with Gasteiger partial charge in [0.15, 0.2) is 11.6 Å². The fraction of sp³-hybridized carbons (Fsp3) is 0.909. The highest BCUT2D eigenvalue weighted by Gasteiger charge is 2.30. The van der Waals surface area contributed by atoms with Crippen LogP contribution in [0.25, 0.3) is 0 Å². The van der Waals surface area contributed by atoms with Gasteiger partial charge in [-0.3, -0.25) is 19.4 Å². The Bertz CT molecular complexity index is 462. The Morgan fingerprint density at radius 2 is 1.07 bits per heavy atom. The molecule has 0 aromatic rings. The lowest BCUT2D eigenvalue weighted by Crippen LogP contribution is -2.51. The number of hydrogen-bond donors (Lipinski definition) is 1. The van der Waals surface area contributed by atoms with E-state index in [9.17, 15) is 9.59 Å². The van der Waals surface area contributed by atoms with Crippen LogP contribution in [-0.4, -0.2) is 64.4 Å². The molecule has 0 spiro atoms. The normalized spacial score (nSPS) is 15.0. The molecule has 0 radical (unpaired) electrons. The number of ketones is 2. The van der Waals surface area contributed by atoms with E-state index >= 15 is 0 Å². The molecule has 5 heteroatoms. The van der Waals surface area contributed by atoms with Gasteiger partial charge in [-0.05, 0) is 62.6 Å². The van der Waals surface area contributed by atoms with Gasteiger partial charge in [0.1, 0.15) is 0 Å². The number of Topliss-reactive ketones (excluding diaryl/α,β-unsaturated/α-hetero) is 2. The van der Waals surface area contributed by atoms with Crippen molar-refractivity contribution in [1.29, 1.82) is 0 Å². The van der Waals surface area contributed by atoms with Gasteiger partial charge in [-0.1, -0.05) is 27.7 Å². The summed E-state index contributed by atoms with van der Waals surface area (Å²) in [5.41, 5.74) is 0.0713. The van der Waals surface area contributed by atoms with Crippen LogP contribution in [-0.2, 0) is 9.59 Å². The molecule has 0 amide bonds. The molecular weight excluding hydrogens is 356 g/mol. The summed E-state index contributed by atoms with van der Waals surface area (Å²) in [5.74, 6) is 1.39. The molecule has 4 nitrogen and oxygen atoms in total. The first-order chi connectivity index (χ1) is 11.9. The van der Waals surface area contributed by atoms with Crippen molar-refractivity contribution in [2.24, 2.45) is 11.8 Å². The summed E-state index contributed by atoms with van der Waals surface area (Å²) in [6.45, 7) is 22.5. The number of thiol groups is 1. The minimum absolute atomic E-state index is 0.0119. The lowest BCUT2D eigenvalue weighted by molar-refractivity contribution is -0.128. The van der Waals surface area contributed by atoms with Crippen molar-refractivity contribution >= 4 is 24.2 Å². The van der Waals surface area contributed by atoms with Crippen LogP contribution in [0.5, 0.6) is 0 Å². The maximum atomic E-state index is 11.9. The van der Waals surface area contributed by atoms with Gasteiger partial charge in [-0.2, -0.15) is 12.6 Å². The molecule has 2 unspecified atom stereocenters. The molecule has 0 heterocycles. The maximum Gasteiger partial charge on any atom is 0.153 e. The van der Waals surface area contributed by atoms with E-state index < -0.39 is 0 Å². The fourth-order valence-corrected chi connectivity index (χ4v) is 2.93. The summed E-state index contributed by atoms with van der Waals surface area (Å²) in [6, 6.07) is -0.0571. The van der Waals surface area contributed by atoms with Crippen molar-refractivity contribution < 1.29 is 9.59 Å². The predicted octanol–water partition coefficient (Wildman–Crippen LogP) is 4.57. The van der Waals surface area contributed by atoms with Crippen LogP contribution < -0.4 is 0 Å². The zero-order valence-corrected chi connectivity index (χ0v) is 21.1. The number of hydrogen-bond acceptors (Lipinski definition) is 5. The molecule has 0 aliphatic carbocycles. The Kier molecular flexibility index (Phi) is 12.4. The van der Waals surface area contributed by atoms with Crippen LogP contribution in [0, 0.1) is 11.8 Å².